The Balaban J connectivity index is 1.42. The van der Waals surface area contributed by atoms with Crippen LogP contribution in [0.4, 0.5) is 4.79 Å². The van der Waals surface area contributed by atoms with Crippen LogP contribution in [-0.4, -0.2) is 42.9 Å². The van der Waals surface area contributed by atoms with Gasteiger partial charge < -0.3 is 19.1 Å². The number of hydrogen-bond donors (Lipinski definition) is 0. The predicted molar refractivity (Wildman–Crippen MR) is 172 cm³/mol. The molecule has 2 unspecified atom stereocenters. The Labute approximate surface area is 250 Å². The molecule has 4 aromatic rings. The van der Waals surface area contributed by atoms with E-state index >= 15 is 0 Å². The van der Waals surface area contributed by atoms with Crippen LogP contribution in [0.3, 0.4) is 0 Å². The maximum absolute atomic E-state index is 13.1. The minimum atomic E-state index is -0.515. The topological polar surface area (TPSA) is 48.0 Å². The van der Waals surface area contributed by atoms with E-state index in [1.54, 1.807) is 7.11 Å². The number of piperidine rings is 1. The predicted octanol–water partition coefficient (Wildman–Crippen LogP) is 9.03. The molecule has 2 atom stereocenters. The summed E-state index contributed by atoms with van der Waals surface area (Å²) in [5.74, 6) is 2.13. The van der Waals surface area contributed by atoms with Gasteiger partial charge >= 0.3 is 6.09 Å². The molecule has 0 bridgehead atoms. The summed E-state index contributed by atoms with van der Waals surface area (Å²) in [7, 11) is 1.74. The average Bonchev–Trinajstić information content (AvgIpc) is 2.95. The fourth-order valence-corrected chi connectivity index (χ4v) is 6.26. The number of amides is 1. The maximum Gasteiger partial charge on any atom is 0.410 e. The van der Waals surface area contributed by atoms with Gasteiger partial charge in [-0.05, 0) is 78.6 Å². The quantitative estimate of drug-likeness (QED) is 0.233. The van der Waals surface area contributed by atoms with Crippen LogP contribution in [0.5, 0.6) is 11.5 Å². The Kier molecular flexibility index (Phi) is 8.41. The number of carbonyl (C=O) groups excluding carboxylic acids is 1. The summed E-state index contributed by atoms with van der Waals surface area (Å²) in [6.07, 6.45) is 2.24. The van der Waals surface area contributed by atoms with Crippen molar-refractivity contribution >= 4 is 27.6 Å². The third kappa shape index (κ3) is 6.51. The van der Waals surface area contributed by atoms with E-state index in [9.17, 15) is 4.79 Å². The molecule has 0 aromatic heterocycles. The maximum atomic E-state index is 13.1. The summed E-state index contributed by atoms with van der Waals surface area (Å²) in [5, 5.41) is 4.77. The van der Waals surface area contributed by atoms with Gasteiger partial charge in [-0.2, -0.15) is 0 Å². The molecule has 1 fully saturated rings. The standard InChI is InChI=1S/C37H45NO4/c1-36(2,3)34-22-25(20-21-38(34)35(39)42-37(4,5)6)24-41-33-19-17-27-13-9-11-15-29(27)31(33)23-30-28-14-10-8-12-26(28)16-18-32(30)40-7/h8-19,25,34H,20-24H2,1-7H3. The van der Waals surface area contributed by atoms with E-state index < -0.39 is 5.60 Å². The van der Waals surface area contributed by atoms with Gasteiger partial charge in [-0.15, -0.1) is 0 Å². The second-order valence-electron chi connectivity index (χ2n) is 13.7. The highest BCUT2D eigenvalue weighted by molar-refractivity contribution is 5.91. The van der Waals surface area contributed by atoms with Crippen LogP contribution in [0.25, 0.3) is 21.5 Å². The molecule has 1 amide bonds. The molecule has 1 saturated heterocycles. The molecule has 5 nitrogen and oxygen atoms in total. The number of methoxy groups -OCH3 is 1. The Hall–Kier alpha value is -3.73. The summed E-state index contributed by atoms with van der Waals surface area (Å²) in [6.45, 7) is 13.7. The van der Waals surface area contributed by atoms with Crippen molar-refractivity contribution < 1.29 is 19.0 Å². The van der Waals surface area contributed by atoms with E-state index in [1.807, 2.05) is 25.7 Å². The summed E-state index contributed by atoms with van der Waals surface area (Å²) in [5.41, 5.74) is 1.74. The highest BCUT2D eigenvalue weighted by Gasteiger charge is 2.40. The molecule has 0 aliphatic carbocycles. The van der Waals surface area contributed by atoms with Crippen molar-refractivity contribution in [3.8, 4) is 11.5 Å². The lowest BCUT2D eigenvalue weighted by atomic mass is 9.77. The van der Waals surface area contributed by atoms with Gasteiger partial charge in [-0.3, -0.25) is 0 Å². The molecule has 0 spiro atoms. The third-order valence-corrected chi connectivity index (χ3v) is 8.38. The molecule has 42 heavy (non-hydrogen) atoms. The van der Waals surface area contributed by atoms with Gasteiger partial charge in [0.2, 0.25) is 0 Å². The van der Waals surface area contributed by atoms with Crippen LogP contribution in [0.2, 0.25) is 0 Å². The molecule has 1 aliphatic heterocycles. The first-order valence-corrected chi connectivity index (χ1v) is 15.1. The monoisotopic (exact) mass is 567 g/mol. The van der Waals surface area contributed by atoms with E-state index in [-0.39, 0.29) is 17.6 Å². The number of hydrogen-bond acceptors (Lipinski definition) is 4. The number of fused-ring (bicyclic) bond motifs is 2. The average molecular weight is 568 g/mol. The van der Waals surface area contributed by atoms with Crippen molar-refractivity contribution in [2.45, 2.75) is 72.4 Å². The highest BCUT2D eigenvalue weighted by Crippen LogP contribution is 2.38. The van der Waals surface area contributed by atoms with Gasteiger partial charge in [0.15, 0.2) is 0 Å². The number of ether oxygens (including phenoxy) is 3. The Morgan fingerprint density at radius 1 is 0.810 bits per heavy atom. The number of rotatable bonds is 6. The van der Waals surface area contributed by atoms with Crippen molar-refractivity contribution in [1.82, 2.24) is 4.90 Å². The summed E-state index contributed by atoms with van der Waals surface area (Å²) in [6, 6.07) is 25.5. The molecular formula is C37H45NO4. The third-order valence-electron chi connectivity index (χ3n) is 8.38. The second kappa shape index (κ2) is 11.9. The normalized spacial score (nSPS) is 17.8. The largest absolute Gasteiger partial charge is 0.496 e. The fourth-order valence-electron chi connectivity index (χ4n) is 6.26. The second-order valence-corrected chi connectivity index (χ2v) is 13.7. The molecule has 1 heterocycles. The van der Waals surface area contributed by atoms with Gasteiger partial charge in [0, 0.05) is 30.1 Å². The van der Waals surface area contributed by atoms with Crippen LogP contribution in [-0.2, 0) is 11.2 Å². The smallest absolute Gasteiger partial charge is 0.410 e. The van der Waals surface area contributed by atoms with Gasteiger partial charge in [-0.1, -0.05) is 81.4 Å². The molecule has 0 radical (unpaired) electrons. The van der Waals surface area contributed by atoms with Crippen LogP contribution in [0.15, 0.2) is 72.8 Å². The van der Waals surface area contributed by atoms with E-state index in [4.69, 9.17) is 14.2 Å². The molecule has 0 N–H and O–H groups in total. The van der Waals surface area contributed by atoms with E-state index in [0.717, 1.165) is 29.9 Å². The zero-order chi connectivity index (χ0) is 30.1. The molecule has 222 valence electrons. The zero-order valence-corrected chi connectivity index (χ0v) is 26.2. The Morgan fingerprint density at radius 3 is 1.95 bits per heavy atom. The first kappa shape index (κ1) is 29.8. The summed E-state index contributed by atoms with van der Waals surface area (Å²) >= 11 is 0. The van der Waals surface area contributed by atoms with Crippen LogP contribution < -0.4 is 9.47 Å². The van der Waals surface area contributed by atoms with Crippen molar-refractivity contribution in [1.29, 1.82) is 0 Å². The number of likely N-dealkylation sites (tertiary alicyclic amines) is 1. The van der Waals surface area contributed by atoms with E-state index in [0.29, 0.717) is 25.5 Å². The molecule has 5 heteroatoms. The fraction of sp³-hybridized carbons (Fsp3) is 0.432. The van der Waals surface area contributed by atoms with E-state index in [1.165, 1.54) is 27.1 Å². The van der Waals surface area contributed by atoms with Crippen molar-refractivity contribution in [3.63, 3.8) is 0 Å². The summed E-state index contributed by atoms with van der Waals surface area (Å²) < 4.78 is 18.3. The van der Waals surface area contributed by atoms with Crippen molar-refractivity contribution in [2.24, 2.45) is 11.3 Å². The molecule has 5 rings (SSSR count). The van der Waals surface area contributed by atoms with Gasteiger partial charge in [-0.25, -0.2) is 4.79 Å². The summed E-state index contributed by atoms with van der Waals surface area (Å²) in [4.78, 5) is 15.0. The Bertz CT molecular complexity index is 1560. The number of carbonyl (C=O) groups is 1. The minimum absolute atomic E-state index is 0.0747. The highest BCUT2D eigenvalue weighted by atomic mass is 16.6. The van der Waals surface area contributed by atoms with Gasteiger partial charge in [0.25, 0.3) is 0 Å². The van der Waals surface area contributed by atoms with Crippen molar-refractivity contribution in [3.05, 3.63) is 83.9 Å². The molecular weight excluding hydrogens is 522 g/mol. The lowest BCUT2D eigenvalue weighted by Gasteiger charge is -2.46. The first-order valence-electron chi connectivity index (χ1n) is 15.1. The van der Waals surface area contributed by atoms with Crippen LogP contribution in [0.1, 0.15) is 65.5 Å². The van der Waals surface area contributed by atoms with Gasteiger partial charge in [0.05, 0.1) is 13.7 Å². The SMILES string of the molecule is COc1ccc2ccccc2c1Cc1c(OCC2CCN(C(=O)OC(C)(C)C)C(C(C)(C)C)C2)ccc2ccccc12. The zero-order valence-electron chi connectivity index (χ0n) is 26.2. The number of benzene rings is 4. The van der Waals surface area contributed by atoms with Gasteiger partial charge in [0.1, 0.15) is 17.1 Å². The Morgan fingerprint density at radius 2 is 1.38 bits per heavy atom. The molecule has 0 saturated carbocycles. The minimum Gasteiger partial charge on any atom is -0.496 e. The first-order chi connectivity index (χ1) is 19.9. The van der Waals surface area contributed by atoms with Crippen molar-refractivity contribution in [2.75, 3.05) is 20.3 Å². The van der Waals surface area contributed by atoms with Crippen LogP contribution >= 0.6 is 0 Å². The number of nitrogens with zero attached hydrogens (tertiary/aromatic N) is 1. The lowest BCUT2D eigenvalue weighted by molar-refractivity contribution is -0.0189. The van der Waals surface area contributed by atoms with E-state index in [2.05, 4.69) is 93.6 Å². The lowest BCUT2D eigenvalue weighted by Crippen LogP contribution is -2.53. The molecule has 4 aromatic carbocycles. The molecule has 1 aliphatic rings. The van der Waals surface area contributed by atoms with Crippen LogP contribution in [0, 0.1) is 11.3 Å².